The van der Waals surface area contributed by atoms with E-state index >= 15 is 0 Å². The Labute approximate surface area is 130 Å². The predicted octanol–water partition coefficient (Wildman–Crippen LogP) is 3.53. The molecular weight excluding hydrogens is 276 g/mol. The molecule has 3 aromatic rings. The number of rotatable bonds is 5. The standard InChI is InChI=1S/C17H22N4O/c1-11(2)6-7-21-10-14(9-18-21)13-4-5-15-16(8-13)20-17(19-15)12(3)22/h4-5,8-12,22H,6-7H2,1-3H3,(H,19,20)/t12-/m0/s1. The third kappa shape index (κ3) is 3.04. The number of aryl methyl sites for hydroxylation is 1. The summed E-state index contributed by atoms with van der Waals surface area (Å²) in [6, 6.07) is 6.06. The summed E-state index contributed by atoms with van der Waals surface area (Å²) in [6.45, 7) is 7.08. The highest BCUT2D eigenvalue weighted by Crippen LogP contribution is 2.24. The lowest BCUT2D eigenvalue weighted by atomic mass is 10.1. The van der Waals surface area contributed by atoms with E-state index in [9.17, 15) is 5.11 Å². The molecule has 0 saturated heterocycles. The highest BCUT2D eigenvalue weighted by molar-refractivity contribution is 5.81. The van der Waals surface area contributed by atoms with Crippen LogP contribution in [0.1, 0.15) is 39.1 Å². The number of hydrogen-bond acceptors (Lipinski definition) is 3. The Morgan fingerprint density at radius 2 is 2.05 bits per heavy atom. The Balaban J connectivity index is 1.86. The number of H-pyrrole nitrogens is 1. The molecule has 0 radical (unpaired) electrons. The van der Waals surface area contributed by atoms with Crippen LogP contribution in [-0.4, -0.2) is 24.9 Å². The molecule has 2 N–H and O–H groups in total. The first-order valence-electron chi connectivity index (χ1n) is 7.73. The van der Waals surface area contributed by atoms with Crippen molar-refractivity contribution in [2.75, 3.05) is 0 Å². The molecule has 0 bridgehead atoms. The van der Waals surface area contributed by atoms with Crippen LogP contribution in [0, 0.1) is 5.92 Å². The van der Waals surface area contributed by atoms with Gasteiger partial charge >= 0.3 is 0 Å². The van der Waals surface area contributed by atoms with Crippen LogP contribution in [0.4, 0.5) is 0 Å². The van der Waals surface area contributed by atoms with E-state index in [2.05, 4.69) is 41.2 Å². The van der Waals surface area contributed by atoms with Crippen molar-refractivity contribution in [2.24, 2.45) is 5.92 Å². The smallest absolute Gasteiger partial charge is 0.135 e. The molecule has 0 amide bonds. The van der Waals surface area contributed by atoms with E-state index in [0.29, 0.717) is 11.7 Å². The van der Waals surface area contributed by atoms with Crippen LogP contribution in [0.25, 0.3) is 22.2 Å². The average Bonchev–Trinajstić information content (AvgIpc) is 3.11. The van der Waals surface area contributed by atoms with E-state index in [1.807, 2.05) is 23.0 Å². The van der Waals surface area contributed by atoms with Gasteiger partial charge in [-0.15, -0.1) is 0 Å². The van der Waals surface area contributed by atoms with E-state index in [-0.39, 0.29) is 0 Å². The molecule has 3 rings (SSSR count). The molecule has 0 fully saturated rings. The normalized spacial score (nSPS) is 13.1. The van der Waals surface area contributed by atoms with Crippen molar-refractivity contribution in [3.05, 3.63) is 36.4 Å². The Morgan fingerprint density at radius 3 is 2.77 bits per heavy atom. The minimum Gasteiger partial charge on any atom is -0.385 e. The van der Waals surface area contributed by atoms with E-state index < -0.39 is 6.10 Å². The van der Waals surface area contributed by atoms with Crippen molar-refractivity contribution < 1.29 is 5.11 Å². The molecule has 2 aromatic heterocycles. The lowest BCUT2D eigenvalue weighted by Gasteiger charge is -2.03. The van der Waals surface area contributed by atoms with Crippen molar-refractivity contribution in [1.82, 2.24) is 19.7 Å². The van der Waals surface area contributed by atoms with Crippen LogP contribution in [0.5, 0.6) is 0 Å². The van der Waals surface area contributed by atoms with Crippen molar-refractivity contribution >= 4 is 11.0 Å². The lowest BCUT2D eigenvalue weighted by Crippen LogP contribution is -2.01. The van der Waals surface area contributed by atoms with Crippen LogP contribution in [0.2, 0.25) is 0 Å². The predicted molar refractivity (Wildman–Crippen MR) is 87.4 cm³/mol. The second kappa shape index (κ2) is 5.93. The number of aromatic amines is 1. The first-order chi connectivity index (χ1) is 10.5. The largest absolute Gasteiger partial charge is 0.385 e. The average molecular weight is 298 g/mol. The van der Waals surface area contributed by atoms with E-state index in [1.54, 1.807) is 6.92 Å². The van der Waals surface area contributed by atoms with Crippen LogP contribution in [0.3, 0.4) is 0 Å². The van der Waals surface area contributed by atoms with Gasteiger partial charge in [0.05, 0.1) is 17.2 Å². The molecule has 1 aromatic carbocycles. The summed E-state index contributed by atoms with van der Waals surface area (Å²) in [4.78, 5) is 7.54. The number of hydrogen-bond donors (Lipinski definition) is 2. The van der Waals surface area contributed by atoms with E-state index in [4.69, 9.17) is 0 Å². The zero-order valence-electron chi connectivity index (χ0n) is 13.2. The van der Waals surface area contributed by atoms with Crippen LogP contribution in [-0.2, 0) is 6.54 Å². The molecule has 116 valence electrons. The van der Waals surface area contributed by atoms with Gasteiger partial charge in [0.25, 0.3) is 0 Å². The molecule has 0 aliphatic carbocycles. The summed E-state index contributed by atoms with van der Waals surface area (Å²) >= 11 is 0. The van der Waals surface area contributed by atoms with Gasteiger partial charge < -0.3 is 10.1 Å². The molecule has 0 aliphatic heterocycles. The SMILES string of the molecule is CC(C)CCn1cc(-c2ccc3nc([C@H](C)O)[nH]c3c2)cn1. The highest BCUT2D eigenvalue weighted by Gasteiger charge is 2.09. The van der Waals surface area contributed by atoms with Crippen LogP contribution >= 0.6 is 0 Å². The van der Waals surface area contributed by atoms with Crippen LogP contribution in [0.15, 0.2) is 30.6 Å². The van der Waals surface area contributed by atoms with Gasteiger partial charge in [-0.1, -0.05) is 19.9 Å². The summed E-state index contributed by atoms with van der Waals surface area (Å²) in [7, 11) is 0. The zero-order chi connectivity index (χ0) is 15.7. The molecule has 2 heterocycles. The maximum Gasteiger partial charge on any atom is 0.135 e. The molecule has 1 atom stereocenters. The van der Waals surface area contributed by atoms with Gasteiger partial charge in [0.15, 0.2) is 0 Å². The monoisotopic (exact) mass is 298 g/mol. The molecule has 5 nitrogen and oxygen atoms in total. The maximum absolute atomic E-state index is 9.61. The second-order valence-electron chi connectivity index (χ2n) is 6.20. The molecular formula is C17H22N4O. The third-order valence-electron chi connectivity index (χ3n) is 3.80. The number of aliphatic hydroxyl groups is 1. The number of nitrogens with zero attached hydrogens (tertiary/aromatic N) is 3. The number of aromatic nitrogens is 4. The van der Waals surface area contributed by atoms with Gasteiger partial charge in [0.1, 0.15) is 11.9 Å². The molecule has 0 spiro atoms. The summed E-state index contributed by atoms with van der Waals surface area (Å²) in [5.74, 6) is 1.27. The molecule has 0 unspecified atom stereocenters. The number of aliphatic hydroxyl groups excluding tert-OH is 1. The van der Waals surface area contributed by atoms with Crippen molar-refractivity contribution in [1.29, 1.82) is 0 Å². The highest BCUT2D eigenvalue weighted by atomic mass is 16.3. The number of imidazole rings is 1. The van der Waals surface area contributed by atoms with Gasteiger partial charge in [0.2, 0.25) is 0 Å². The Hall–Kier alpha value is -2.14. The van der Waals surface area contributed by atoms with Gasteiger partial charge in [0, 0.05) is 18.3 Å². The topological polar surface area (TPSA) is 66.7 Å². The number of fused-ring (bicyclic) bond motifs is 1. The quantitative estimate of drug-likeness (QED) is 0.757. The number of benzene rings is 1. The molecule has 22 heavy (non-hydrogen) atoms. The fraction of sp³-hybridized carbons (Fsp3) is 0.412. The summed E-state index contributed by atoms with van der Waals surface area (Å²) in [6.07, 6.45) is 4.51. The number of nitrogens with one attached hydrogen (secondary N) is 1. The molecule has 5 heteroatoms. The molecule has 0 aliphatic rings. The minimum absolute atomic E-state index is 0.588. The maximum atomic E-state index is 9.61. The lowest BCUT2D eigenvalue weighted by molar-refractivity contribution is 0.190. The van der Waals surface area contributed by atoms with E-state index in [0.717, 1.165) is 35.1 Å². The Morgan fingerprint density at radius 1 is 1.23 bits per heavy atom. The summed E-state index contributed by atoms with van der Waals surface area (Å²) in [5.41, 5.74) is 4.00. The first-order valence-corrected chi connectivity index (χ1v) is 7.73. The fourth-order valence-electron chi connectivity index (χ4n) is 2.43. The summed E-state index contributed by atoms with van der Waals surface area (Å²) < 4.78 is 1.99. The van der Waals surface area contributed by atoms with Crippen molar-refractivity contribution in [3.63, 3.8) is 0 Å². The van der Waals surface area contributed by atoms with Gasteiger partial charge in [-0.2, -0.15) is 5.10 Å². The third-order valence-corrected chi connectivity index (χ3v) is 3.80. The molecule has 0 saturated carbocycles. The minimum atomic E-state index is -0.588. The van der Waals surface area contributed by atoms with Gasteiger partial charge in [-0.3, -0.25) is 4.68 Å². The van der Waals surface area contributed by atoms with E-state index in [1.165, 1.54) is 0 Å². The van der Waals surface area contributed by atoms with Gasteiger partial charge in [-0.05, 0) is 37.0 Å². The zero-order valence-corrected chi connectivity index (χ0v) is 13.2. The van der Waals surface area contributed by atoms with Crippen molar-refractivity contribution in [3.8, 4) is 11.1 Å². The Kier molecular flexibility index (Phi) is 3.98. The van der Waals surface area contributed by atoms with Gasteiger partial charge in [-0.25, -0.2) is 4.98 Å². The Bertz CT molecular complexity index is 770. The summed E-state index contributed by atoms with van der Waals surface area (Å²) in [5, 5.41) is 14.0. The second-order valence-corrected chi connectivity index (χ2v) is 6.20. The van der Waals surface area contributed by atoms with Crippen LogP contribution < -0.4 is 0 Å². The van der Waals surface area contributed by atoms with Crippen molar-refractivity contribution in [2.45, 2.75) is 39.8 Å². The fourth-order valence-corrected chi connectivity index (χ4v) is 2.43. The first kappa shape index (κ1) is 14.8.